The van der Waals surface area contributed by atoms with Gasteiger partial charge in [0.25, 0.3) is 0 Å². The summed E-state index contributed by atoms with van der Waals surface area (Å²) in [5.41, 5.74) is 8.45. The molecular formula is C12H17BrN2O. The summed E-state index contributed by atoms with van der Waals surface area (Å²) in [4.78, 5) is 11.6. The van der Waals surface area contributed by atoms with Gasteiger partial charge in [0.05, 0.1) is 5.69 Å². The Morgan fingerprint density at radius 3 is 2.69 bits per heavy atom. The van der Waals surface area contributed by atoms with E-state index in [2.05, 4.69) is 21.2 Å². The highest BCUT2D eigenvalue weighted by molar-refractivity contribution is 9.10. The van der Waals surface area contributed by atoms with Crippen LogP contribution in [0.1, 0.15) is 24.0 Å². The first kappa shape index (κ1) is 13.2. The minimum absolute atomic E-state index is 0.0121. The first-order chi connectivity index (χ1) is 7.54. The van der Waals surface area contributed by atoms with Gasteiger partial charge < -0.3 is 11.1 Å². The van der Waals surface area contributed by atoms with Crippen LogP contribution in [-0.2, 0) is 4.79 Å². The average Bonchev–Trinajstić information content (AvgIpc) is 2.20. The molecule has 0 bridgehead atoms. The van der Waals surface area contributed by atoms with Gasteiger partial charge in [-0.1, -0.05) is 6.07 Å². The molecule has 4 heteroatoms. The third kappa shape index (κ3) is 3.61. The third-order valence-corrected chi connectivity index (χ3v) is 2.93. The molecule has 0 saturated heterocycles. The van der Waals surface area contributed by atoms with Gasteiger partial charge >= 0.3 is 0 Å². The van der Waals surface area contributed by atoms with E-state index in [0.717, 1.165) is 15.7 Å². The van der Waals surface area contributed by atoms with Crippen LogP contribution in [0.5, 0.6) is 0 Å². The van der Waals surface area contributed by atoms with Gasteiger partial charge in [-0.3, -0.25) is 4.79 Å². The number of benzene rings is 1. The van der Waals surface area contributed by atoms with E-state index in [0.29, 0.717) is 19.4 Å². The summed E-state index contributed by atoms with van der Waals surface area (Å²) in [6.45, 7) is 4.55. The summed E-state index contributed by atoms with van der Waals surface area (Å²) in [7, 11) is 0. The van der Waals surface area contributed by atoms with Gasteiger partial charge in [-0.05, 0) is 59.9 Å². The Kier molecular flexibility index (Phi) is 4.96. The van der Waals surface area contributed by atoms with Crippen LogP contribution in [0.2, 0.25) is 0 Å². The molecule has 0 heterocycles. The molecule has 3 N–H and O–H groups in total. The normalized spacial score (nSPS) is 10.2. The molecule has 0 aliphatic heterocycles. The zero-order valence-electron chi connectivity index (χ0n) is 9.64. The smallest absolute Gasteiger partial charge is 0.224 e. The molecule has 88 valence electrons. The molecular weight excluding hydrogens is 268 g/mol. The molecule has 0 spiro atoms. The first-order valence-electron chi connectivity index (χ1n) is 5.31. The van der Waals surface area contributed by atoms with Crippen molar-refractivity contribution < 1.29 is 4.79 Å². The highest BCUT2D eigenvalue weighted by Crippen LogP contribution is 2.27. The Morgan fingerprint density at radius 1 is 1.44 bits per heavy atom. The van der Waals surface area contributed by atoms with Crippen molar-refractivity contribution in [2.75, 3.05) is 11.9 Å². The lowest BCUT2D eigenvalue weighted by Gasteiger charge is -2.11. The molecule has 3 nitrogen and oxygen atoms in total. The van der Waals surface area contributed by atoms with Crippen molar-refractivity contribution in [1.29, 1.82) is 0 Å². The number of amides is 1. The predicted octanol–water partition coefficient (Wildman–Crippen LogP) is 2.74. The molecule has 0 aromatic heterocycles. The van der Waals surface area contributed by atoms with Crippen LogP contribution in [0, 0.1) is 13.8 Å². The molecule has 0 fully saturated rings. The zero-order chi connectivity index (χ0) is 12.1. The van der Waals surface area contributed by atoms with E-state index in [4.69, 9.17) is 5.73 Å². The Labute approximate surface area is 105 Å². The van der Waals surface area contributed by atoms with Crippen LogP contribution in [-0.4, -0.2) is 12.5 Å². The van der Waals surface area contributed by atoms with Crippen molar-refractivity contribution in [3.05, 3.63) is 27.7 Å². The predicted molar refractivity (Wildman–Crippen MR) is 70.5 cm³/mol. The molecule has 0 radical (unpaired) electrons. The molecule has 0 saturated carbocycles. The van der Waals surface area contributed by atoms with Gasteiger partial charge in [-0.15, -0.1) is 0 Å². The standard InChI is InChI=1S/C12H17BrN2O/c1-8-6-9(2)12(10(13)7-8)15-11(16)4-3-5-14/h6-7H,3-5,14H2,1-2H3,(H,15,16). The van der Waals surface area contributed by atoms with Gasteiger partial charge in [-0.25, -0.2) is 0 Å². The number of nitrogens with one attached hydrogen (secondary N) is 1. The summed E-state index contributed by atoms with van der Waals surface area (Å²) >= 11 is 3.46. The van der Waals surface area contributed by atoms with E-state index in [1.807, 2.05) is 26.0 Å². The van der Waals surface area contributed by atoms with Crippen LogP contribution in [0.15, 0.2) is 16.6 Å². The fourth-order valence-electron chi connectivity index (χ4n) is 1.54. The lowest BCUT2D eigenvalue weighted by molar-refractivity contribution is -0.116. The second-order valence-electron chi connectivity index (χ2n) is 3.88. The molecule has 0 aliphatic carbocycles. The van der Waals surface area contributed by atoms with Crippen molar-refractivity contribution in [3.63, 3.8) is 0 Å². The van der Waals surface area contributed by atoms with E-state index in [1.54, 1.807) is 0 Å². The molecule has 1 amide bonds. The largest absolute Gasteiger partial charge is 0.330 e. The molecule has 1 aromatic carbocycles. The third-order valence-electron chi connectivity index (χ3n) is 2.30. The highest BCUT2D eigenvalue weighted by Gasteiger charge is 2.08. The second-order valence-corrected chi connectivity index (χ2v) is 4.73. The molecule has 16 heavy (non-hydrogen) atoms. The topological polar surface area (TPSA) is 55.1 Å². The summed E-state index contributed by atoms with van der Waals surface area (Å²) in [6, 6.07) is 4.04. The van der Waals surface area contributed by atoms with Crippen LogP contribution in [0.25, 0.3) is 0 Å². The van der Waals surface area contributed by atoms with Crippen LogP contribution in [0.3, 0.4) is 0 Å². The Morgan fingerprint density at radius 2 is 2.12 bits per heavy atom. The monoisotopic (exact) mass is 284 g/mol. The minimum atomic E-state index is 0.0121. The van der Waals surface area contributed by atoms with Crippen LogP contribution in [0.4, 0.5) is 5.69 Å². The number of rotatable bonds is 4. The fourth-order valence-corrected chi connectivity index (χ4v) is 2.31. The molecule has 0 aliphatic rings. The Bertz CT molecular complexity index is 368. The van der Waals surface area contributed by atoms with E-state index in [1.165, 1.54) is 5.56 Å². The van der Waals surface area contributed by atoms with Crippen molar-refractivity contribution in [2.45, 2.75) is 26.7 Å². The number of hydrogen-bond acceptors (Lipinski definition) is 2. The maximum Gasteiger partial charge on any atom is 0.224 e. The Hall–Kier alpha value is -0.870. The van der Waals surface area contributed by atoms with Crippen molar-refractivity contribution in [2.24, 2.45) is 5.73 Å². The Balaban J connectivity index is 2.77. The van der Waals surface area contributed by atoms with Crippen LogP contribution >= 0.6 is 15.9 Å². The number of anilines is 1. The molecule has 1 aromatic rings. The van der Waals surface area contributed by atoms with E-state index in [-0.39, 0.29) is 5.91 Å². The summed E-state index contributed by atoms with van der Waals surface area (Å²) in [5.74, 6) is 0.0121. The summed E-state index contributed by atoms with van der Waals surface area (Å²) in [5, 5.41) is 2.90. The van der Waals surface area contributed by atoms with Crippen molar-refractivity contribution >= 4 is 27.5 Å². The highest BCUT2D eigenvalue weighted by atomic mass is 79.9. The summed E-state index contributed by atoms with van der Waals surface area (Å²) < 4.78 is 0.922. The van der Waals surface area contributed by atoms with Gasteiger partial charge in [0, 0.05) is 10.9 Å². The second kappa shape index (κ2) is 6.01. The maximum atomic E-state index is 11.6. The average molecular weight is 285 g/mol. The maximum absolute atomic E-state index is 11.6. The number of carbonyl (C=O) groups is 1. The van der Waals surface area contributed by atoms with E-state index < -0.39 is 0 Å². The number of halogens is 1. The SMILES string of the molecule is Cc1cc(C)c(NC(=O)CCCN)c(Br)c1. The number of aryl methyl sites for hydroxylation is 2. The van der Waals surface area contributed by atoms with Gasteiger partial charge in [0.15, 0.2) is 0 Å². The van der Waals surface area contributed by atoms with E-state index in [9.17, 15) is 4.79 Å². The zero-order valence-corrected chi connectivity index (χ0v) is 11.2. The van der Waals surface area contributed by atoms with Crippen LogP contribution < -0.4 is 11.1 Å². The van der Waals surface area contributed by atoms with E-state index >= 15 is 0 Å². The summed E-state index contributed by atoms with van der Waals surface area (Å²) in [6.07, 6.45) is 1.19. The van der Waals surface area contributed by atoms with Gasteiger partial charge in [0.2, 0.25) is 5.91 Å². The lowest BCUT2D eigenvalue weighted by Crippen LogP contribution is -2.14. The van der Waals surface area contributed by atoms with Gasteiger partial charge in [-0.2, -0.15) is 0 Å². The fraction of sp³-hybridized carbons (Fsp3) is 0.417. The first-order valence-corrected chi connectivity index (χ1v) is 6.10. The number of hydrogen-bond donors (Lipinski definition) is 2. The molecule has 0 unspecified atom stereocenters. The molecule has 1 rings (SSSR count). The lowest BCUT2D eigenvalue weighted by atomic mass is 10.1. The quantitative estimate of drug-likeness (QED) is 0.893. The minimum Gasteiger partial charge on any atom is -0.330 e. The van der Waals surface area contributed by atoms with Crippen molar-refractivity contribution in [1.82, 2.24) is 0 Å². The molecule has 0 atom stereocenters. The van der Waals surface area contributed by atoms with Crippen molar-refractivity contribution in [3.8, 4) is 0 Å². The number of nitrogens with two attached hydrogens (primary N) is 1. The number of carbonyl (C=O) groups excluding carboxylic acids is 1. The van der Waals surface area contributed by atoms with Gasteiger partial charge in [0.1, 0.15) is 0 Å².